The van der Waals surface area contributed by atoms with E-state index in [2.05, 4.69) is 4.72 Å². The first-order valence-corrected chi connectivity index (χ1v) is 11.1. The van der Waals surface area contributed by atoms with Crippen LogP contribution in [0.4, 0.5) is 0 Å². The summed E-state index contributed by atoms with van der Waals surface area (Å²) in [5.74, 6) is 0.894. The Morgan fingerprint density at radius 3 is 2.59 bits per heavy atom. The van der Waals surface area contributed by atoms with Crippen LogP contribution in [0.3, 0.4) is 0 Å². The van der Waals surface area contributed by atoms with Crippen LogP contribution in [0, 0.1) is 0 Å². The van der Waals surface area contributed by atoms with Gasteiger partial charge in [0.15, 0.2) is 5.79 Å². The zero-order chi connectivity index (χ0) is 21.2. The second kappa shape index (κ2) is 8.89. The largest absolute Gasteiger partial charge is 0.497 e. The number of nitrogens with one attached hydrogen (secondary N) is 1. The monoisotopic (exact) mass is 427 g/mol. The number of fused-ring (bicyclic) bond motifs is 1. The van der Waals surface area contributed by atoms with Gasteiger partial charge in [-0.1, -0.05) is 6.07 Å². The molecule has 1 aromatic carbocycles. The van der Waals surface area contributed by atoms with Crippen LogP contribution in [-0.2, 0) is 25.2 Å². The van der Waals surface area contributed by atoms with Gasteiger partial charge in [-0.2, -0.15) is 0 Å². The Hall–Kier alpha value is -1.19. The predicted molar refractivity (Wildman–Crippen MR) is 112 cm³/mol. The minimum absolute atomic E-state index is 0.0803. The summed E-state index contributed by atoms with van der Waals surface area (Å²) < 4.78 is 44.3. The van der Waals surface area contributed by atoms with E-state index in [9.17, 15) is 4.21 Å². The van der Waals surface area contributed by atoms with E-state index in [4.69, 9.17) is 23.7 Å². The van der Waals surface area contributed by atoms with Crippen LogP contribution in [-0.4, -0.2) is 53.9 Å². The molecule has 0 radical (unpaired) electrons. The highest BCUT2D eigenvalue weighted by atomic mass is 32.2. The maximum absolute atomic E-state index is 12.7. The highest BCUT2D eigenvalue weighted by Crippen LogP contribution is 2.38. The van der Waals surface area contributed by atoms with Crippen LogP contribution >= 0.6 is 0 Å². The average molecular weight is 428 g/mol. The number of hydrogen-bond acceptors (Lipinski definition) is 6. The van der Waals surface area contributed by atoms with Crippen LogP contribution in [0.25, 0.3) is 0 Å². The van der Waals surface area contributed by atoms with Gasteiger partial charge in [-0.05, 0) is 40.7 Å². The van der Waals surface area contributed by atoms with E-state index in [0.29, 0.717) is 26.2 Å². The first-order valence-electron chi connectivity index (χ1n) is 9.99. The fourth-order valence-corrected chi connectivity index (χ4v) is 4.18. The molecule has 0 amide bonds. The summed E-state index contributed by atoms with van der Waals surface area (Å²) in [5.41, 5.74) is 0.980. The highest BCUT2D eigenvalue weighted by molar-refractivity contribution is 7.84. The Labute approximate surface area is 176 Å². The second-order valence-corrected chi connectivity index (χ2v) is 10.9. The van der Waals surface area contributed by atoms with Gasteiger partial charge in [-0.3, -0.25) is 0 Å². The predicted octanol–water partition coefficient (Wildman–Crippen LogP) is 3.11. The molecule has 29 heavy (non-hydrogen) atoms. The number of methoxy groups -OCH3 is 1. The molecular weight excluding hydrogens is 394 g/mol. The molecule has 3 rings (SSSR count). The van der Waals surface area contributed by atoms with Gasteiger partial charge in [0.1, 0.15) is 23.7 Å². The molecule has 164 valence electrons. The van der Waals surface area contributed by atoms with Crippen molar-refractivity contribution in [1.82, 2.24) is 4.72 Å². The van der Waals surface area contributed by atoms with Crippen molar-refractivity contribution in [3.05, 3.63) is 23.8 Å². The Morgan fingerprint density at radius 2 is 1.97 bits per heavy atom. The lowest BCUT2D eigenvalue weighted by atomic mass is 9.97. The Bertz CT molecular complexity index is 732. The van der Waals surface area contributed by atoms with Crippen molar-refractivity contribution in [2.75, 3.05) is 26.9 Å². The smallest absolute Gasteiger partial charge is 0.163 e. The molecule has 8 heteroatoms. The summed E-state index contributed by atoms with van der Waals surface area (Å²) in [7, 11) is 0.431. The van der Waals surface area contributed by atoms with Crippen LogP contribution in [0.1, 0.15) is 52.6 Å². The molecule has 7 nitrogen and oxygen atoms in total. The summed E-state index contributed by atoms with van der Waals surface area (Å²) in [4.78, 5) is 0. The molecule has 1 saturated heterocycles. The van der Waals surface area contributed by atoms with E-state index in [1.54, 1.807) is 7.11 Å². The SMILES string of the molecule is COc1ccc2c(c1)O[C@@H](COC[C@H]1COC(C)(C)O1)C[C@H]2N[S@@](=O)C(C)(C)C. The van der Waals surface area contributed by atoms with Crippen LogP contribution in [0.2, 0.25) is 0 Å². The summed E-state index contributed by atoms with van der Waals surface area (Å²) in [5, 5.41) is 0. The maximum atomic E-state index is 12.7. The summed E-state index contributed by atoms with van der Waals surface area (Å²) >= 11 is 0. The van der Waals surface area contributed by atoms with Gasteiger partial charge < -0.3 is 23.7 Å². The molecule has 0 unspecified atom stereocenters. The zero-order valence-electron chi connectivity index (χ0n) is 18.2. The van der Waals surface area contributed by atoms with Crippen molar-refractivity contribution in [3.8, 4) is 11.5 Å². The minimum Gasteiger partial charge on any atom is -0.497 e. The molecule has 0 aromatic heterocycles. The van der Waals surface area contributed by atoms with E-state index in [1.165, 1.54) is 0 Å². The third-order valence-electron chi connectivity index (χ3n) is 4.87. The lowest BCUT2D eigenvalue weighted by Crippen LogP contribution is -2.41. The van der Waals surface area contributed by atoms with Crippen LogP contribution in [0.5, 0.6) is 11.5 Å². The summed E-state index contributed by atoms with van der Waals surface area (Å²) in [6.07, 6.45) is 0.414. The second-order valence-electron chi connectivity index (χ2n) is 8.92. The highest BCUT2D eigenvalue weighted by Gasteiger charge is 2.34. The third-order valence-corrected chi connectivity index (χ3v) is 6.48. The normalized spacial score (nSPS) is 27.2. The Morgan fingerprint density at radius 1 is 1.24 bits per heavy atom. The molecular formula is C21H33NO6S. The molecule has 0 saturated carbocycles. The van der Waals surface area contributed by atoms with Crippen molar-refractivity contribution in [2.24, 2.45) is 0 Å². The van der Waals surface area contributed by atoms with Gasteiger partial charge in [-0.25, -0.2) is 8.93 Å². The van der Waals surface area contributed by atoms with Gasteiger partial charge in [0.05, 0.1) is 48.7 Å². The molecule has 1 N–H and O–H groups in total. The van der Waals surface area contributed by atoms with Crippen molar-refractivity contribution in [3.63, 3.8) is 0 Å². The minimum atomic E-state index is -1.19. The topological polar surface area (TPSA) is 75.2 Å². The Balaban J connectivity index is 1.65. The van der Waals surface area contributed by atoms with Gasteiger partial charge in [-0.15, -0.1) is 0 Å². The van der Waals surface area contributed by atoms with Crippen LogP contribution < -0.4 is 14.2 Å². The molecule has 2 aliphatic rings. The molecule has 1 aromatic rings. The number of benzene rings is 1. The lowest BCUT2D eigenvalue weighted by molar-refractivity contribution is -0.146. The first-order chi connectivity index (χ1) is 13.6. The molecule has 1 fully saturated rings. The van der Waals surface area contributed by atoms with Gasteiger partial charge in [0.25, 0.3) is 0 Å². The zero-order valence-corrected chi connectivity index (χ0v) is 19.0. The van der Waals surface area contributed by atoms with E-state index < -0.39 is 16.8 Å². The standard InChI is InChI=1S/C21H33NO6S/c1-20(2,3)29(23)22-18-9-15(11-25-12-16-13-26-21(4,5)28-16)27-19-10-14(24-6)7-8-17(18)19/h7-8,10,15-16,18,22H,9,11-13H2,1-6H3/t15-,16+,18-,29+/m1/s1. The van der Waals surface area contributed by atoms with Gasteiger partial charge in [0.2, 0.25) is 0 Å². The lowest BCUT2D eigenvalue weighted by Gasteiger charge is -2.34. The summed E-state index contributed by atoms with van der Waals surface area (Å²) in [6.45, 7) is 11.0. The molecule has 0 bridgehead atoms. The van der Waals surface area contributed by atoms with Gasteiger partial charge >= 0.3 is 0 Å². The van der Waals surface area contributed by atoms with E-state index in [0.717, 1.165) is 17.1 Å². The van der Waals surface area contributed by atoms with Crippen LogP contribution in [0.15, 0.2) is 18.2 Å². The van der Waals surface area contributed by atoms with Crippen molar-refractivity contribution in [2.45, 2.75) is 69.8 Å². The summed E-state index contributed by atoms with van der Waals surface area (Å²) in [6, 6.07) is 5.64. The van der Waals surface area contributed by atoms with E-state index >= 15 is 0 Å². The molecule has 4 atom stereocenters. The van der Waals surface area contributed by atoms with Crippen molar-refractivity contribution in [1.29, 1.82) is 0 Å². The number of rotatable bonds is 7. The fraction of sp³-hybridized carbons (Fsp3) is 0.714. The molecule has 2 heterocycles. The maximum Gasteiger partial charge on any atom is 0.163 e. The Kier molecular flexibility index (Phi) is 6.90. The third kappa shape index (κ3) is 5.92. The molecule has 0 spiro atoms. The fourth-order valence-electron chi connectivity index (χ4n) is 3.34. The van der Waals surface area contributed by atoms with E-state index in [1.807, 2.05) is 52.8 Å². The van der Waals surface area contributed by atoms with Crippen molar-refractivity contribution >= 4 is 11.0 Å². The molecule has 0 aliphatic carbocycles. The van der Waals surface area contributed by atoms with E-state index in [-0.39, 0.29) is 23.0 Å². The quantitative estimate of drug-likeness (QED) is 0.721. The molecule has 2 aliphatic heterocycles. The number of ether oxygens (including phenoxy) is 5. The first kappa shape index (κ1) is 22.5. The average Bonchev–Trinajstić information content (AvgIpc) is 2.99. The van der Waals surface area contributed by atoms with Gasteiger partial charge in [0, 0.05) is 18.1 Å². The van der Waals surface area contributed by atoms with Crippen molar-refractivity contribution < 1.29 is 27.9 Å². The number of hydrogen-bond donors (Lipinski definition) is 1.